The van der Waals surface area contributed by atoms with Crippen molar-refractivity contribution in [1.29, 1.82) is 0 Å². The number of hydrogen-bond donors (Lipinski definition) is 1. The lowest BCUT2D eigenvalue weighted by molar-refractivity contribution is 0.528. The fourth-order valence-corrected chi connectivity index (χ4v) is 3.07. The Morgan fingerprint density at radius 3 is 2.67 bits per heavy atom. The second-order valence-electron chi connectivity index (χ2n) is 4.69. The van der Waals surface area contributed by atoms with Gasteiger partial charge in [0.1, 0.15) is 5.82 Å². The first-order chi connectivity index (χ1) is 10.0. The van der Waals surface area contributed by atoms with Crippen LogP contribution in [-0.4, -0.2) is 6.54 Å². The van der Waals surface area contributed by atoms with Crippen molar-refractivity contribution < 1.29 is 4.39 Å². The highest BCUT2D eigenvalue weighted by Crippen LogP contribution is 2.30. The Balaban J connectivity index is 2.35. The lowest BCUT2D eigenvalue weighted by Crippen LogP contribution is -2.23. The van der Waals surface area contributed by atoms with Crippen LogP contribution in [0.5, 0.6) is 0 Å². The second kappa shape index (κ2) is 7.59. The van der Waals surface area contributed by atoms with Gasteiger partial charge in [0.2, 0.25) is 0 Å². The van der Waals surface area contributed by atoms with E-state index in [9.17, 15) is 4.39 Å². The van der Waals surface area contributed by atoms with Gasteiger partial charge in [0.05, 0.1) is 5.02 Å². The fourth-order valence-electron chi connectivity index (χ4n) is 2.25. The van der Waals surface area contributed by atoms with E-state index >= 15 is 0 Å². The zero-order valence-corrected chi connectivity index (χ0v) is 14.6. The topological polar surface area (TPSA) is 12.0 Å². The van der Waals surface area contributed by atoms with Crippen molar-refractivity contribution in [2.45, 2.75) is 19.4 Å². The summed E-state index contributed by atoms with van der Waals surface area (Å²) in [6.07, 6.45) is 0.483. The third-order valence-corrected chi connectivity index (χ3v) is 4.37. The first-order valence-corrected chi connectivity index (χ1v) is 8.19. The van der Waals surface area contributed by atoms with Gasteiger partial charge in [0, 0.05) is 15.5 Å². The van der Waals surface area contributed by atoms with E-state index in [1.165, 1.54) is 0 Å². The Kier molecular flexibility index (Phi) is 6.06. The molecule has 0 heterocycles. The molecule has 0 fully saturated rings. The van der Waals surface area contributed by atoms with Crippen LogP contribution in [0.25, 0.3) is 0 Å². The Morgan fingerprint density at radius 1 is 1.19 bits per heavy atom. The minimum absolute atomic E-state index is 0.0760. The third-order valence-electron chi connectivity index (χ3n) is 3.24. The molecule has 21 heavy (non-hydrogen) atoms. The predicted octanol–water partition coefficient (Wildman–Crippen LogP) is 5.79. The van der Waals surface area contributed by atoms with Gasteiger partial charge in [-0.05, 0) is 48.4 Å². The molecule has 0 aliphatic heterocycles. The lowest BCUT2D eigenvalue weighted by atomic mass is 9.98. The molecule has 112 valence electrons. The average Bonchev–Trinajstić information content (AvgIpc) is 2.46. The summed E-state index contributed by atoms with van der Waals surface area (Å²) in [5.41, 5.74) is 1.51. The SMILES string of the molecule is CCNC(Cc1cccc(Cl)c1F)c1cc(Br)ccc1Cl. The smallest absolute Gasteiger partial charge is 0.145 e. The van der Waals surface area contributed by atoms with Crippen molar-refractivity contribution in [2.24, 2.45) is 0 Å². The van der Waals surface area contributed by atoms with Crippen LogP contribution in [0.4, 0.5) is 4.39 Å². The van der Waals surface area contributed by atoms with E-state index < -0.39 is 0 Å². The Bertz CT molecular complexity index is 634. The molecule has 5 heteroatoms. The van der Waals surface area contributed by atoms with Crippen molar-refractivity contribution in [3.63, 3.8) is 0 Å². The minimum atomic E-state index is -0.367. The van der Waals surface area contributed by atoms with Gasteiger partial charge in [0.25, 0.3) is 0 Å². The van der Waals surface area contributed by atoms with Crippen LogP contribution in [0, 0.1) is 5.82 Å². The van der Waals surface area contributed by atoms with E-state index in [0.29, 0.717) is 17.0 Å². The van der Waals surface area contributed by atoms with Gasteiger partial charge in [-0.2, -0.15) is 0 Å². The van der Waals surface area contributed by atoms with Crippen LogP contribution in [-0.2, 0) is 6.42 Å². The van der Waals surface area contributed by atoms with Crippen LogP contribution in [0.1, 0.15) is 24.1 Å². The molecule has 2 rings (SSSR count). The molecule has 0 saturated heterocycles. The molecule has 2 aromatic carbocycles. The fraction of sp³-hybridized carbons (Fsp3) is 0.250. The summed E-state index contributed by atoms with van der Waals surface area (Å²) in [6.45, 7) is 2.77. The van der Waals surface area contributed by atoms with Gasteiger partial charge >= 0.3 is 0 Å². The van der Waals surface area contributed by atoms with Crippen molar-refractivity contribution >= 4 is 39.1 Å². The minimum Gasteiger partial charge on any atom is -0.310 e. The van der Waals surface area contributed by atoms with E-state index in [2.05, 4.69) is 21.2 Å². The second-order valence-corrected chi connectivity index (χ2v) is 6.42. The molecule has 1 unspecified atom stereocenters. The standard InChI is InChI=1S/C16H15BrCl2FN/c1-2-21-15(12-9-11(17)6-7-13(12)18)8-10-4-3-5-14(19)16(10)20/h3-7,9,15,21H,2,8H2,1H3. The molecular formula is C16H15BrCl2FN. The van der Waals surface area contributed by atoms with Crippen molar-refractivity contribution in [3.05, 3.63) is 67.9 Å². The maximum atomic E-state index is 14.1. The first kappa shape index (κ1) is 16.8. The van der Waals surface area contributed by atoms with E-state index in [-0.39, 0.29) is 16.9 Å². The molecule has 0 spiro atoms. The average molecular weight is 391 g/mol. The molecule has 0 radical (unpaired) electrons. The number of rotatable bonds is 5. The molecule has 0 saturated carbocycles. The Hall–Kier alpha value is -0.610. The monoisotopic (exact) mass is 389 g/mol. The summed E-state index contributed by atoms with van der Waals surface area (Å²) in [5.74, 6) is -0.367. The molecule has 0 aliphatic carbocycles. The number of likely N-dealkylation sites (N-methyl/N-ethyl adjacent to an activating group) is 1. The lowest BCUT2D eigenvalue weighted by Gasteiger charge is -2.20. The molecule has 0 amide bonds. The summed E-state index contributed by atoms with van der Waals surface area (Å²) in [7, 11) is 0. The molecule has 2 aromatic rings. The maximum Gasteiger partial charge on any atom is 0.145 e. The van der Waals surface area contributed by atoms with Crippen LogP contribution < -0.4 is 5.32 Å². The molecular weight excluding hydrogens is 376 g/mol. The normalized spacial score (nSPS) is 12.4. The zero-order valence-electron chi connectivity index (χ0n) is 11.5. The van der Waals surface area contributed by atoms with Gasteiger partial charge in [-0.1, -0.05) is 58.2 Å². The van der Waals surface area contributed by atoms with E-state index in [0.717, 1.165) is 16.6 Å². The number of halogens is 4. The van der Waals surface area contributed by atoms with Crippen LogP contribution in [0.3, 0.4) is 0 Å². The summed E-state index contributed by atoms with van der Waals surface area (Å²) in [5, 5.41) is 4.15. The van der Waals surface area contributed by atoms with Gasteiger partial charge in [-0.25, -0.2) is 4.39 Å². The van der Waals surface area contributed by atoms with Gasteiger partial charge in [-0.15, -0.1) is 0 Å². The highest BCUT2D eigenvalue weighted by Gasteiger charge is 2.17. The highest BCUT2D eigenvalue weighted by molar-refractivity contribution is 9.10. The summed E-state index contributed by atoms with van der Waals surface area (Å²) in [4.78, 5) is 0. The van der Waals surface area contributed by atoms with Crippen LogP contribution in [0.15, 0.2) is 40.9 Å². The summed E-state index contributed by atoms with van der Waals surface area (Å²) < 4.78 is 15.0. The molecule has 0 aromatic heterocycles. The molecule has 1 atom stereocenters. The Labute approximate surface area is 142 Å². The van der Waals surface area contributed by atoms with Crippen LogP contribution >= 0.6 is 39.1 Å². The highest BCUT2D eigenvalue weighted by atomic mass is 79.9. The number of benzene rings is 2. The number of hydrogen-bond acceptors (Lipinski definition) is 1. The zero-order chi connectivity index (χ0) is 15.4. The summed E-state index contributed by atoms with van der Waals surface area (Å²) in [6, 6.07) is 10.7. The summed E-state index contributed by atoms with van der Waals surface area (Å²) >= 11 is 15.6. The van der Waals surface area contributed by atoms with Gasteiger partial charge < -0.3 is 5.32 Å². The third kappa shape index (κ3) is 4.19. The van der Waals surface area contributed by atoms with Gasteiger partial charge in [-0.3, -0.25) is 0 Å². The molecule has 0 bridgehead atoms. The Morgan fingerprint density at radius 2 is 1.95 bits per heavy atom. The predicted molar refractivity (Wildman–Crippen MR) is 90.7 cm³/mol. The first-order valence-electron chi connectivity index (χ1n) is 6.64. The van der Waals surface area contributed by atoms with E-state index in [1.54, 1.807) is 18.2 Å². The molecule has 0 aliphatic rings. The van der Waals surface area contributed by atoms with Crippen LogP contribution in [0.2, 0.25) is 10.0 Å². The maximum absolute atomic E-state index is 14.1. The van der Waals surface area contributed by atoms with Crippen molar-refractivity contribution in [3.8, 4) is 0 Å². The molecule has 1 nitrogen and oxygen atoms in total. The molecule has 1 N–H and O–H groups in total. The quantitative estimate of drug-likeness (QED) is 0.681. The number of nitrogens with one attached hydrogen (secondary N) is 1. The largest absolute Gasteiger partial charge is 0.310 e. The van der Waals surface area contributed by atoms with Crippen molar-refractivity contribution in [1.82, 2.24) is 5.32 Å². The van der Waals surface area contributed by atoms with Gasteiger partial charge in [0.15, 0.2) is 0 Å². The van der Waals surface area contributed by atoms with E-state index in [4.69, 9.17) is 23.2 Å². The van der Waals surface area contributed by atoms with Crippen molar-refractivity contribution in [2.75, 3.05) is 6.54 Å². The van der Waals surface area contributed by atoms with E-state index in [1.807, 2.05) is 25.1 Å².